The highest BCUT2D eigenvalue weighted by Gasteiger charge is 2.24. The van der Waals surface area contributed by atoms with Crippen LogP contribution in [0.15, 0.2) is 30.5 Å². The number of aromatic nitrogens is 1. The molecular formula is C16H17FN2O. The third-order valence-corrected chi connectivity index (χ3v) is 3.95. The van der Waals surface area contributed by atoms with Gasteiger partial charge in [0.05, 0.1) is 11.1 Å². The highest BCUT2D eigenvalue weighted by Crippen LogP contribution is 2.21. The summed E-state index contributed by atoms with van der Waals surface area (Å²) >= 11 is 0. The molecule has 0 N–H and O–H groups in total. The van der Waals surface area contributed by atoms with Crippen LogP contribution in [0.5, 0.6) is 0 Å². The Labute approximate surface area is 117 Å². The van der Waals surface area contributed by atoms with Gasteiger partial charge in [0.1, 0.15) is 5.82 Å². The van der Waals surface area contributed by atoms with Crippen molar-refractivity contribution in [1.29, 1.82) is 0 Å². The van der Waals surface area contributed by atoms with Crippen LogP contribution in [0.3, 0.4) is 0 Å². The van der Waals surface area contributed by atoms with E-state index in [1.807, 2.05) is 4.90 Å². The van der Waals surface area contributed by atoms with E-state index in [1.54, 1.807) is 18.3 Å². The monoisotopic (exact) mass is 272 g/mol. The molecule has 1 amide bonds. The molecule has 0 radical (unpaired) electrons. The number of pyridine rings is 1. The van der Waals surface area contributed by atoms with Crippen LogP contribution in [0.25, 0.3) is 10.9 Å². The summed E-state index contributed by atoms with van der Waals surface area (Å²) in [6, 6.07) is 6.42. The zero-order valence-corrected chi connectivity index (χ0v) is 11.5. The Bertz CT molecular complexity index is 656. The number of hydrogen-bond donors (Lipinski definition) is 0. The van der Waals surface area contributed by atoms with Crippen LogP contribution in [-0.2, 0) is 0 Å². The molecule has 1 aliphatic rings. The van der Waals surface area contributed by atoms with Gasteiger partial charge in [-0.3, -0.25) is 9.78 Å². The first kappa shape index (κ1) is 13.0. The molecule has 3 nitrogen and oxygen atoms in total. The Kier molecular flexibility index (Phi) is 3.38. The fraction of sp³-hybridized carbons (Fsp3) is 0.375. The number of benzene rings is 1. The normalized spacial score (nSPS) is 19.3. The van der Waals surface area contributed by atoms with E-state index in [0.29, 0.717) is 16.5 Å². The average molecular weight is 272 g/mol. The molecule has 0 aliphatic carbocycles. The van der Waals surface area contributed by atoms with E-state index in [-0.39, 0.29) is 17.8 Å². The van der Waals surface area contributed by atoms with Crippen LogP contribution in [0.2, 0.25) is 0 Å². The molecule has 104 valence electrons. The van der Waals surface area contributed by atoms with Crippen molar-refractivity contribution in [3.05, 3.63) is 41.8 Å². The maximum absolute atomic E-state index is 13.3. The molecule has 20 heavy (non-hydrogen) atoms. The zero-order chi connectivity index (χ0) is 14.1. The van der Waals surface area contributed by atoms with Gasteiger partial charge in [-0.15, -0.1) is 0 Å². The number of carbonyl (C=O) groups is 1. The van der Waals surface area contributed by atoms with Crippen molar-refractivity contribution < 1.29 is 9.18 Å². The fourth-order valence-corrected chi connectivity index (χ4v) is 2.79. The topological polar surface area (TPSA) is 33.2 Å². The molecule has 1 fully saturated rings. The largest absolute Gasteiger partial charge is 0.336 e. The summed E-state index contributed by atoms with van der Waals surface area (Å²) in [5.74, 6) is -0.314. The molecule has 0 bridgehead atoms. The summed E-state index contributed by atoms with van der Waals surface area (Å²) in [7, 11) is 0. The van der Waals surface area contributed by atoms with Gasteiger partial charge in [-0.1, -0.05) is 0 Å². The maximum atomic E-state index is 13.3. The minimum atomic E-state index is -0.310. The highest BCUT2D eigenvalue weighted by atomic mass is 19.1. The van der Waals surface area contributed by atoms with Gasteiger partial charge >= 0.3 is 0 Å². The Morgan fingerprint density at radius 3 is 3.00 bits per heavy atom. The van der Waals surface area contributed by atoms with Crippen molar-refractivity contribution in [3.63, 3.8) is 0 Å². The van der Waals surface area contributed by atoms with E-state index in [4.69, 9.17) is 0 Å². The molecule has 2 aromatic rings. The lowest BCUT2D eigenvalue weighted by molar-refractivity contribution is 0.0635. The molecule has 1 unspecified atom stereocenters. The third-order valence-electron chi connectivity index (χ3n) is 3.95. The molecule has 0 saturated carbocycles. The molecule has 1 saturated heterocycles. The van der Waals surface area contributed by atoms with Crippen LogP contribution in [0.4, 0.5) is 4.39 Å². The van der Waals surface area contributed by atoms with Crippen LogP contribution in [-0.4, -0.2) is 28.4 Å². The predicted molar refractivity (Wildman–Crippen MR) is 76.1 cm³/mol. The second-order valence-electron chi connectivity index (χ2n) is 5.40. The number of amides is 1. The Morgan fingerprint density at radius 2 is 2.20 bits per heavy atom. The summed E-state index contributed by atoms with van der Waals surface area (Å²) in [6.45, 7) is 2.87. The van der Waals surface area contributed by atoms with E-state index in [2.05, 4.69) is 11.9 Å². The average Bonchev–Trinajstić information content (AvgIpc) is 2.46. The van der Waals surface area contributed by atoms with Gasteiger partial charge in [-0.2, -0.15) is 0 Å². The molecule has 1 aromatic carbocycles. The van der Waals surface area contributed by atoms with Gasteiger partial charge < -0.3 is 4.90 Å². The molecular weight excluding hydrogens is 255 g/mol. The number of piperidine rings is 1. The molecule has 3 rings (SSSR count). The highest BCUT2D eigenvalue weighted by molar-refractivity contribution is 5.97. The SMILES string of the molecule is CC1CCCCN1C(=O)c1cnc2ccc(F)cc2c1. The Balaban J connectivity index is 1.94. The van der Waals surface area contributed by atoms with Crippen molar-refractivity contribution in [2.45, 2.75) is 32.2 Å². The number of halogens is 1. The minimum absolute atomic E-state index is 0.00383. The van der Waals surface area contributed by atoms with Crippen molar-refractivity contribution >= 4 is 16.8 Å². The summed E-state index contributed by atoms with van der Waals surface area (Å²) in [6.07, 6.45) is 4.85. The number of fused-ring (bicyclic) bond motifs is 1. The van der Waals surface area contributed by atoms with Crippen LogP contribution >= 0.6 is 0 Å². The van der Waals surface area contributed by atoms with Crippen LogP contribution in [0, 0.1) is 5.82 Å². The van der Waals surface area contributed by atoms with E-state index in [0.717, 1.165) is 19.4 Å². The summed E-state index contributed by atoms with van der Waals surface area (Å²) < 4.78 is 13.3. The van der Waals surface area contributed by atoms with E-state index >= 15 is 0 Å². The number of nitrogens with zero attached hydrogens (tertiary/aromatic N) is 2. The van der Waals surface area contributed by atoms with E-state index in [9.17, 15) is 9.18 Å². The number of hydrogen-bond acceptors (Lipinski definition) is 2. The first-order valence-corrected chi connectivity index (χ1v) is 7.01. The quantitative estimate of drug-likeness (QED) is 0.797. The minimum Gasteiger partial charge on any atom is -0.336 e. The Morgan fingerprint density at radius 1 is 1.35 bits per heavy atom. The third kappa shape index (κ3) is 2.38. The first-order valence-electron chi connectivity index (χ1n) is 7.01. The standard InChI is InChI=1S/C16H17FN2O/c1-11-4-2-3-7-19(11)16(20)13-8-12-9-14(17)5-6-15(12)18-10-13/h5-6,8-11H,2-4,7H2,1H3. The fourth-order valence-electron chi connectivity index (χ4n) is 2.79. The number of carbonyl (C=O) groups excluding carboxylic acids is 1. The zero-order valence-electron chi connectivity index (χ0n) is 11.5. The first-order chi connectivity index (χ1) is 9.65. The van der Waals surface area contributed by atoms with E-state index < -0.39 is 0 Å². The van der Waals surface area contributed by atoms with Gasteiger partial charge in [-0.25, -0.2) is 4.39 Å². The van der Waals surface area contributed by atoms with Gasteiger partial charge in [-0.05, 0) is 50.5 Å². The number of likely N-dealkylation sites (tertiary alicyclic amines) is 1. The van der Waals surface area contributed by atoms with Crippen molar-refractivity contribution in [3.8, 4) is 0 Å². The van der Waals surface area contributed by atoms with Gasteiger partial charge in [0.25, 0.3) is 5.91 Å². The van der Waals surface area contributed by atoms with Crippen molar-refractivity contribution in [2.75, 3.05) is 6.54 Å². The molecule has 2 heterocycles. The predicted octanol–water partition coefficient (Wildman–Crippen LogP) is 3.39. The second-order valence-corrected chi connectivity index (χ2v) is 5.40. The molecule has 1 atom stereocenters. The smallest absolute Gasteiger partial charge is 0.255 e. The maximum Gasteiger partial charge on any atom is 0.255 e. The lowest BCUT2D eigenvalue weighted by Gasteiger charge is -2.33. The molecule has 1 aromatic heterocycles. The summed E-state index contributed by atoms with van der Waals surface area (Å²) in [5.41, 5.74) is 1.24. The van der Waals surface area contributed by atoms with Gasteiger partial charge in [0.2, 0.25) is 0 Å². The summed E-state index contributed by atoms with van der Waals surface area (Å²) in [5, 5.41) is 0.667. The molecule has 4 heteroatoms. The van der Waals surface area contributed by atoms with Gasteiger partial charge in [0, 0.05) is 24.2 Å². The lowest BCUT2D eigenvalue weighted by atomic mass is 10.0. The molecule has 1 aliphatic heterocycles. The number of rotatable bonds is 1. The van der Waals surface area contributed by atoms with Gasteiger partial charge in [0.15, 0.2) is 0 Å². The molecule has 0 spiro atoms. The second kappa shape index (κ2) is 5.19. The van der Waals surface area contributed by atoms with Crippen LogP contribution in [0.1, 0.15) is 36.5 Å². The van der Waals surface area contributed by atoms with Crippen molar-refractivity contribution in [1.82, 2.24) is 9.88 Å². The Hall–Kier alpha value is -1.97. The van der Waals surface area contributed by atoms with Crippen LogP contribution < -0.4 is 0 Å². The lowest BCUT2D eigenvalue weighted by Crippen LogP contribution is -2.42. The van der Waals surface area contributed by atoms with Crippen molar-refractivity contribution in [2.24, 2.45) is 0 Å². The van der Waals surface area contributed by atoms with E-state index in [1.165, 1.54) is 18.6 Å². The summed E-state index contributed by atoms with van der Waals surface area (Å²) in [4.78, 5) is 18.7.